The zero-order chi connectivity index (χ0) is 16.9. The highest BCUT2D eigenvalue weighted by molar-refractivity contribution is 7.93. The zero-order valence-electron chi connectivity index (χ0n) is 13.5. The van der Waals surface area contributed by atoms with Gasteiger partial charge in [-0.15, -0.1) is 11.3 Å². The molecule has 0 radical (unpaired) electrons. The Hall–Kier alpha value is -1.80. The fourth-order valence-electron chi connectivity index (χ4n) is 3.07. The number of hydrogen-bond acceptors (Lipinski definition) is 6. The summed E-state index contributed by atoms with van der Waals surface area (Å²) in [7, 11) is -3.79. The Kier molecular flexibility index (Phi) is 3.50. The highest BCUT2D eigenvalue weighted by Crippen LogP contribution is 2.43. The van der Waals surface area contributed by atoms with Crippen LogP contribution in [0.3, 0.4) is 0 Å². The summed E-state index contributed by atoms with van der Waals surface area (Å²) in [6, 6.07) is 4.86. The fourth-order valence-corrected chi connectivity index (χ4v) is 5.60. The van der Waals surface area contributed by atoms with Gasteiger partial charge in [0.05, 0.1) is 5.69 Å². The molecule has 1 aromatic carbocycles. The monoisotopic (exact) mass is 366 g/mol. The van der Waals surface area contributed by atoms with Gasteiger partial charge >= 0.3 is 0 Å². The average molecular weight is 366 g/mol. The van der Waals surface area contributed by atoms with Crippen molar-refractivity contribution >= 4 is 26.5 Å². The Balaban J connectivity index is 1.68. The van der Waals surface area contributed by atoms with Gasteiger partial charge in [0, 0.05) is 10.3 Å². The molecule has 24 heavy (non-hydrogen) atoms. The molecule has 0 saturated heterocycles. The number of rotatable bonds is 3. The molecule has 6 nitrogen and oxygen atoms in total. The van der Waals surface area contributed by atoms with Gasteiger partial charge in [-0.05, 0) is 25.0 Å². The van der Waals surface area contributed by atoms with E-state index in [2.05, 4.69) is 23.6 Å². The van der Waals surface area contributed by atoms with Crippen molar-refractivity contribution in [2.24, 2.45) is 0 Å². The molecule has 1 aliphatic carbocycles. The van der Waals surface area contributed by atoms with Crippen molar-refractivity contribution in [2.75, 3.05) is 17.9 Å². The van der Waals surface area contributed by atoms with Gasteiger partial charge in [0.1, 0.15) is 18.1 Å². The predicted octanol–water partition coefficient (Wildman–Crippen LogP) is 2.94. The largest absolute Gasteiger partial charge is 0.486 e. The second-order valence-electron chi connectivity index (χ2n) is 6.56. The third kappa shape index (κ3) is 2.53. The third-order valence-corrected chi connectivity index (χ3v) is 6.88. The lowest BCUT2D eigenvalue weighted by Crippen LogP contribution is -2.20. The van der Waals surface area contributed by atoms with E-state index in [0.717, 1.165) is 23.4 Å². The first-order valence-corrected chi connectivity index (χ1v) is 10.1. The van der Waals surface area contributed by atoms with E-state index in [-0.39, 0.29) is 16.1 Å². The average Bonchev–Trinajstić information content (AvgIpc) is 3.06. The minimum Gasteiger partial charge on any atom is -0.486 e. The van der Waals surface area contributed by atoms with Crippen LogP contribution in [0.5, 0.6) is 11.5 Å². The van der Waals surface area contributed by atoms with Gasteiger partial charge in [-0.2, -0.15) is 0 Å². The van der Waals surface area contributed by atoms with Gasteiger partial charge in [0.15, 0.2) is 16.6 Å². The summed E-state index contributed by atoms with van der Waals surface area (Å²) in [5.74, 6) is 0.715. The number of fused-ring (bicyclic) bond motifs is 2. The van der Waals surface area contributed by atoms with Crippen LogP contribution in [-0.2, 0) is 21.9 Å². The van der Waals surface area contributed by atoms with Gasteiger partial charge in [0.25, 0.3) is 10.0 Å². The molecule has 0 unspecified atom stereocenters. The van der Waals surface area contributed by atoms with Crippen molar-refractivity contribution in [3.8, 4) is 11.5 Å². The molecule has 0 spiro atoms. The van der Waals surface area contributed by atoms with E-state index in [0.29, 0.717) is 24.1 Å². The Bertz CT molecular complexity index is 903. The van der Waals surface area contributed by atoms with E-state index in [1.165, 1.54) is 17.4 Å². The molecule has 8 heteroatoms. The highest BCUT2D eigenvalue weighted by atomic mass is 32.2. The molecule has 0 bridgehead atoms. The van der Waals surface area contributed by atoms with Crippen molar-refractivity contribution < 1.29 is 17.9 Å². The maximum absolute atomic E-state index is 12.8. The lowest BCUT2D eigenvalue weighted by atomic mass is 9.91. The molecule has 1 aromatic heterocycles. The van der Waals surface area contributed by atoms with Crippen molar-refractivity contribution in [3.63, 3.8) is 0 Å². The molecule has 0 saturated carbocycles. The molecule has 4 rings (SSSR count). The molecule has 1 N–H and O–H groups in total. The summed E-state index contributed by atoms with van der Waals surface area (Å²) in [4.78, 5) is 5.76. The summed E-state index contributed by atoms with van der Waals surface area (Å²) in [5.41, 5.74) is 0.998. The van der Waals surface area contributed by atoms with Crippen molar-refractivity contribution in [2.45, 2.75) is 37.0 Å². The molecular weight excluding hydrogens is 348 g/mol. The number of hydrogen-bond donors (Lipinski definition) is 1. The lowest BCUT2D eigenvalue weighted by Gasteiger charge is -2.20. The maximum Gasteiger partial charge on any atom is 0.267 e. The lowest BCUT2D eigenvalue weighted by molar-refractivity contribution is 0.167. The van der Waals surface area contributed by atoms with Crippen LogP contribution in [0.25, 0.3) is 0 Å². The van der Waals surface area contributed by atoms with Gasteiger partial charge in [-0.1, -0.05) is 19.9 Å². The Labute approximate surface area is 144 Å². The van der Waals surface area contributed by atoms with Crippen LogP contribution in [0.2, 0.25) is 0 Å². The molecule has 0 amide bonds. The first kappa shape index (κ1) is 15.7. The summed E-state index contributed by atoms with van der Waals surface area (Å²) in [6.07, 6.45) is 1.99. The van der Waals surface area contributed by atoms with Crippen LogP contribution in [0.1, 0.15) is 30.8 Å². The number of thiazole rings is 1. The van der Waals surface area contributed by atoms with Crippen LogP contribution >= 0.6 is 11.3 Å². The summed E-state index contributed by atoms with van der Waals surface area (Å²) < 4.78 is 39.1. The number of ether oxygens (including phenoxy) is 2. The molecule has 2 aromatic rings. The third-order valence-electron chi connectivity index (χ3n) is 4.36. The highest BCUT2D eigenvalue weighted by Gasteiger charge is 2.35. The number of aromatic nitrogens is 1. The number of anilines is 1. The van der Waals surface area contributed by atoms with Crippen LogP contribution in [0.15, 0.2) is 23.1 Å². The fraction of sp³-hybridized carbons (Fsp3) is 0.438. The van der Waals surface area contributed by atoms with Crippen molar-refractivity contribution in [1.29, 1.82) is 0 Å². The topological polar surface area (TPSA) is 77.5 Å². The van der Waals surface area contributed by atoms with E-state index < -0.39 is 10.0 Å². The molecule has 2 heterocycles. The van der Waals surface area contributed by atoms with Crippen LogP contribution in [0.4, 0.5) is 5.13 Å². The normalized spacial score (nSPS) is 18.2. The second-order valence-corrected chi connectivity index (χ2v) is 9.29. The Morgan fingerprint density at radius 2 is 2.04 bits per heavy atom. The van der Waals surface area contributed by atoms with E-state index >= 15 is 0 Å². The number of nitrogens with one attached hydrogen (secondary N) is 1. The van der Waals surface area contributed by atoms with Gasteiger partial charge in [-0.3, -0.25) is 4.72 Å². The van der Waals surface area contributed by atoms with E-state index in [4.69, 9.17) is 9.47 Å². The Morgan fingerprint density at radius 1 is 1.25 bits per heavy atom. The smallest absolute Gasteiger partial charge is 0.267 e. The SMILES string of the molecule is CC1(C)CCc2sc(NS(=O)(=O)c3cccc4c3OCCO4)nc21. The first-order chi connectivity index (χ1) is 11.4. The minimum atomic E-state index is -3.79. The maximum atomic E-state index is 12.8. The molecule has 0 fully saturated rings. The zero-order valence-corrected chi connectivity index (χ0v) is 15.1. The predicted molar refractivity (Wildman–Crippen MR) is 91.7 cm³/mol. The second kappa shape index (κ2) is 5.35. The summed E-state index contributed by atoms with van der Waals surface area (Å²) in [6.45, 7) is 5.02. The van der Waals surface area contributed by atoms with Crippen LogP contribution in [-0.4, -0.2) is 26.6 Å². The number of aryl methyl sites for hydroxylation is 1. The van der Waals surface area contributed by atoms with E-state index in [9.17, 15) is 8.42 Å². The van der Waals surface area contributed by atoms with Gasteiger partial charge in [-0.25, -0.2) is 13.4 Å². The number of sulfonamides is 1. The molecular formula is C16H18N2O4S2. The minimum absolute atomic E-state index is 0.00160. The van der Waals surface area contributed by atoms with Gasteiger partial charge in [0.2, 0.25) is 0 Å². The first-order valence-electron chi connectivity index (χ1n) is 7.78. The van der Waals surface area contributed by atoms with Crippen molar-refractivity contribution in [3.05, 3.63) is 28.8 Å². The molecule has 0 atom stereocenters. The van der Waals surface area contributed by atoms with Crippen LogP contribution < -0.4 is 14.2 Å². The number of para-hydroxylation sites is 1. The van der Waals surface area contributed by atoms with E-state index in [1.54, 1.807) is 12.1 Å². The quantitative estimate of drug-likeness (QED) is 0.904. The Morgan fingerprint density at radius 3 is 2.83 bits per heavy atom. The molecule has 2 aliphatic rings. The molecule has 1 aliphatic heterocycles. The van der Waals surface area contributed by atoms with Gasteiger partial charge < -0.3 is 9.47 Å². The summed E-state index contributed by atoms with van der Waals surface area (Å²) >= 11 is 1.41. The number of benzene rings is 1. The number of nitrogens with zero attached hydrogens (tertiary/aromatic N) is 1. The molecule has 128 valence electrons. The standard InChI is InChI=1S/C16H18N2O4S2/c1-16(2)7-6-11-14(16)17-15(23-11)18-24(19,20)12-5-3-4-10-13(12)22-9-8-21-10/h3-5H,6-9H2,1-2H3,(H,17,18). The van der Waals surface area contributed by atoms with Crippen molar-refractivity contribution in [1.82, 2.24) is 4.98 Å². The summed E-state index contributed by atoms with van der Waals surface area (Å²) in [5, 5.41) is 0.405. The van der Waals surface area contributed by atoms with E-state index in [1.807, 2.05) is 0 Å². The van der Waals surface area contributed by atoms with Crippen LogP contribution in [0, 0.1) is 0 Å².